The minimum Gasteiger partial charge on any atom is -0.385 e. The molecule has 0 bridgehead atoms. The lowest BCUT2D eigenvalue weighted by Crippen LogP contribution is -2.08. The molecule has 0 atom stereocenters. The first kappa shape index (κ1) is 19.6. The first-order valence-corrected chi connectivity index (χ1v) is 9.92. The smallest absolute Gasteiger partial charge is 0.253 e. The van der Waals surface area contributed by atoms with Crippen LogP contribution in [0.3, 0.4) is 0 Å². The molecule has 0 unspecified atom stereocenters. The van der Waals surface area contributed by atoms with Crippen molar-refractivity contribution in [1.29, 1.82) is 0 Å². The molecule has 27 heavy (non-hydrogen) atoms. The van der Waals surface area contributed by atoms with E-state index in [2.05, 4.69) is 19.6 Å². The van der Waals surface area contributed by atoms with Crippen LogP contribution in [0.5, 0.6) is 0 Å². The Hall–Kier alpha value is -2.19. The number of nitrogens with zero attached hydrogens (tertiary/aromatic N) is 5. The van der Waals surface area contributed by atoms with Crippen LogP contribution >= 0.6 is 11.8 Å². The lowest BCUT2D eigenvalue weighted by molar-refractivity contribution is 0.102. The second-order valence-corrected chi connectivity index (χ2v) is 7.58. The van der Waals surface area contributed by atoms with E-state index < -0.39 is 0 Å². The molecule has 0 saturated heterocycles. The summed E-state index contributed by atoms with van der Waals surface area (Å²) >= 11 is 1.35. The van der Waals surface area contributed by atoms with E-state index in [9.17, 15) is 4.79 Å². The monoisotopic (exact) mass is 387 g/mol. The zero-order valence-corrected chi connectivity index (χ0v) is 17.3. The van der Waals surface area contributed by atoms with Gasteiger partial charge in [-0.3, -0.25) is 4.79 Å². The Kier molecular flexibility index (Phi) is 5.96. The maximum absolute atomic E-state index is 12.7. The largest absolute Gasteiger partial charge is 0.385 e. The zero-order valence-electron chi connectivity index (χ0n) is 16.4. The van der Waals surface area contributed by atoms with Gasteiger partial charge in [-0.05, 0) is 46.2 Å². The quantitative estimate of drug-likeness (QED) is 0.336. The lowest BCUT2D eigenvalue weighted by Gasteiger charge is -2.09. The van der Waals surface area contributed by atoms with E-state index in [4.69, 9.17) is 4.74 Å². The summed E-state index contributed by atoms with van der Waals surface area (Å²) in [4.78, 5) is 21.5. The molecule has 0 radical (unpaired) electrons. The third-order valence-corrected chi connectivity index (χ3v) is 5.37. The van der Waals surface area contributed by atoms with E-state index in [0.717, 1.165) is 41.3 Å². The fourth-order valence-corrected chi connectivity index (χ4v) is 3.91. The molecule has 7 nitrogen and oxygen atoms in total. The number of aromatic nitrogens is 5. The van der Waals surface area contributed by atoms with Gasteiger partial charge in [-0.2, -0.15) is 4.98 Å². The van der Waals surface area contributed by atoms with E-state index in [1.54, 1.807) is 11.6 Å². The first-order valence-electron chi connectivity index (χ1n) is 8.93. The fraction of sp³-hybridized carbons (Fsp3) is 0.474. The number of carbonyl (C=O) groups is 1. The van der Waals surface area contributed by atoms with Crippen LogP contribution in [0.15, 0.2) is 17.3 Å². The molecule has 0 saturated carbocycles. The number of aryl methyl sites for hydroxylation is 3. The molecule has 8 heteroatoms. The Labute approximate surface area is 163 Å². The predicted molar refractivity (Wildman–Crippen MR) is 106 cm³/mol. The van der Waals surface area contributed by atoms with Gasteiger partial charge < -0.3 is 9.30 Å². The van der Waals surface area contributed by atoms with E-state index in [-0.39, 0.29) is 5.78 Å². The molecule has 0 aromatic carbocycles. The predicted octanol–water partition coefficient (Wildman–Crippen LogP) is 3.17. The Morgan fingerprint density at radius 3 is 2.67 bits per heavy atom. The minimum absolute atomic E-state index is 0.0887. The molecule has 0 aliphatic heterocycles. The zero-order chi connectivity index (χ0) is 19.6. The van der Waals surface area contributed by atoms with Crippen LogP contribution in [0.2, 0.25) is 0 Å². The van der Waals surface area contributed by atoms with Gasteiger partial charge in [-0.15, -0.1) is 5.10 Å². The van der Waals surface area contributed by atoms with E-state index in [1.165, 1.54) is 11.8 Å². The molecule has 0 aliphatic rings. The third kappa shape index (κ3) is 4.22. The number of ketones is 1. The van der Waals surface area contributed by atoms with Crippen molar-refractivity contribution >= 4 is 23.3 Å². The fourth-order valence-electron chi connectivity index (χ4n) is 3.21. The van der Waals surface area contributed by atoms with E-state index in [0.29, 0.717) is 23.3 Å². The number of hydrogen-bond acceptors (Lipinski definition) is 6. The summed E-state index contributed by atoms with van der Waals surface area (Å²) < 4.78 is 9.01. The minimum atomic E-state index is 0.0887. The average molecular weight is 388 g/mol. The SMILES string of the molecule is COCCCn1c(C)cc(C(=O)CSc2nc3nc(C)cc(C)n3n2)c1C. The number of rotatable bonds is 8. The Bertz CT molecular complexity index is 976. The molecule has 3 aromatic heterocycles. The van der Waals surface area contributed by atoms with Crippen molar-refractivity contribution in [3.63, 3.8) is 0 Å². The Balaban J connectivity index is 1.71. The average Bonchev–Trinajstić information content (AvgIpc) is 3.15. The third-order valence-electron chi connectivity index (χ3n) is 4.54. The van der Waals surface area contributed by atoms with Crippen LogP contribution in [0.1, 0.15) is 39.6 Å². The number of hydrogen-bond donors (Lipinski definition) is 0. The molecule has 144 valence electrons. The van der Waals surface area contributed by atoms with Gasteiger partial charge in [0.05, 0.1) is 5.75 Å². The van der Waals surface area contributed by atoms with Gasteiger partial charge in [-0.1, -0.05) is 11.8 Å². The van der Waals surface area contributed by atoms with Gasteiger partial charge in [-0.25, -0.2) is 9.50 Å². The van der Waals surface area contributed by atoms with Gasteiger partial charge in [0.2, 0.25) is 5.16 Å². The summed E-state index contributed by atoms with van der Waals surface area (Å²) in [7, 11) is 1.70. The first-order chi connectivity index (χ1) is 12.9. The summed E-state index contributed by atoms with van der Waals surface area (Å²) in [5.41, 5.74) is 4.75. The molecule has 3 aromatic rings. The van der Waals surface area contributed by atoms with Crippen LogP contribution in [0.4, 0.5) is 0 Å². The van der Waals surface area contributed by atoms with Gasteiger partial charge in [0.1, 0.15) is 0 Å². The number of carbonyl (C=O) groups excluding carboxylic acids is 1. The van der Waals surface area contributed by atoms with Crippen molar-refractivity contribution in [3.05, 3.63) is 40.5 Å². The number of Topliss-reactive ketones (excluding diaryl/α,β-unsaturated/α-hetero) is 1. The van der Waals surface area contributed by atoms with Crippen molar-refractivity contribution in [3.8, 4) is 0 Å². The number of methoxy groups -OCH3 is 1. The Morgan fingerprint density at radius 2 is 1.93 bits per heavy atom. The van der Waals surface area contributed by atoms with Crippen molar-refractivity contribution < 1.29 is 9.53 Å². The standard InChI is InChI=1S/C19H25N5O2S/c1-12-9-14(3)24-18(20-12)21-19(22-24)27-11-17(25)16-10-13(2)23(15(16)4)7-6-8-26-5/h9-10H,6-8,11H2,1-5H3. The molecule has 0 N–H and O–H groups in total. The highest BCUT2D eigenvalue weighted by Crippen LogP contribution is 2.21. The maximum Gasteiger partial charge on any atom is 0.253 e. The normalized spacial score (nSPS) is 11.4. The Morgan fingerprint density at radius 1 is 1.15 bits per heavy atom. The second kappa shape index (κ2) is 8.22. The van der Waals surface area contributed by atoms with Crippen LogP contribution in [0.25, 0.3) is 5.78 Å². The van der Waals surface area contributed by atoms with Crippen molar-refractivity contribution in [2.24, 2.45) is 0 Å². The van der Waals surface area contributed by atoms with Crippen molar-refractivity contribution in [2.75, 3.05) is 19.5 Å². The summed E-state index contributed by atoms with van der Waals surface area (Å²) in [6.45, 7) is 9.49. The highest BCUT2D eigenvalue weighted by molar-refractivity contribution is 7.99. The topological polar surface area (TPSA) is 74.3 Å². The van der Waals surface area contributed by atoms with Gasteiger partial charge in [0.25, 0.3) is 5.78 Å². The molecule has 0 fully saturated rings. The number of ether oxygens (including phenoxy) is 1. The molecule has 3 rings (SSSR count). The molecule has 0 amide bonds. The van der Waals surface area contributed by atoms with Crippen LogP contribution in [-0.4, -0.2) is 49.4 Å². The highest BCUT2D eigenvalue weighted by atomic mass is 32.2. The van der Waals surface area contributed by atoms with Crippen LogP contribution < -0.4 is 0 Å². The lowest BCUT2D eigenvalue weighted by atomic mass is 10.2. The summed E-state index contributed by atoms with van der Waals surface area (Å²) in [6.07, 6.45) is 0.923. The molecule has 0 aliphatic carbocycles. The molecular formula is C19H25N5O2S. The maximum atomic E-state index is 12.7. The molecule has 0 spiro atoms. The van der Waals surface area contributed by atoms with Gasteiger partial charge >= 0.3 is 0 Å². The molecular weight excluding hydrogens is 362 g/mol. The van der Waals surface area contributed by atoms with E-state index in [1.807, 2.05) is 39.8 Å². The summed E-state index contributed by atoms with van der Waals surface area (Å²) in [6, 6.07) is 3.93. The number of thioether (sulfide) groups is 1. The summed E-state index contributed by atoms with van der Waals surface area (Å²) in [5, 5.41) is 5.02. The number of fused-ring (bicyclic) bond motifs is 1. The van der Waals surface area contributed by atoms with E-state index >= 15 is 0 Å². The van der Waals surface area contributed by atoms with Crippen molar-refractivity contribution in [2.45, 2.75) is 45.8 Å². The van der Waals surface area contributed by atoms with Gasteiger partial charge in [0, 0.05) is 48.6 Å². The van der Waals surface area contributed by atoms with Crippen LogP contribution in [0, 0.1) is 27.7 Å². The summed E-state index contributed by atoms with van der Waals surface area (Å²) in [5.74, 6) is 0.960. The molecule has 3 heterocycles. The van der Waals surface area contributed by atoms with Gasteiger partial charge in [0.15, 0.2) is 5.78 Å². The van der Waals surface area contributed by atoms with Crippen LogP contribution in [-0.2, 0) is 11.3 Å². The highest BCUT2D eigenvalue weighted by Gasteiger charge is 2.17. The van der Waals surface area contributed by atoms with Crippen molar-refractivity contribution in [1.82, 2.24) is 24.1 Å². The second-order valence-electron chi connectivity index (χ2n) is 6.64.